The third-order valence-corrected chi connectivity index (χ3v) is 3.05. The Balaban J connectivity index is 2.00. The molecule has 1 aromatic carbocycles. The maximum Gasteiger partial charge on any atom is 0.148 e. The molecule has 0 atom stereocenters. The van der Waals surface area contributed by atoms with Crippen molar-refractivity contribution in [1.82, 2.24) is 9.97 Å². The standard InChI is InChI=1S/C14H16ClN3/c1-10(2)12-5-3-11(4-6-12)7-17-14-13(15)8-16-9-18-14/h3-6,8-10H,7H2,1-2H3,(H,16,17,18). The normalized spacial score (nSPS) is 10.7. The molecule has 0 bridgehead atoms. The van der Waals surface area contributed by atoms with E-state index in [0.717, 1.165) is 0 Å². The zero-order chi connectivity index (χ0) is 13.0. The highest BCUT2D eigenvalue weighted by Crippen LogP contribution is 2.18. The van der Waals surface area contributed by atoms with Gasteiger partial charge in [-0.15, -0.1) is 0 Å². The Hall–Kier alpha value is -1.61. The highest BCUT2D eigenvalue weighted by atomic mass is 35.5. The third-order valence-electron chi connectivity index (χ3n) is 2.77. The summed E-state index contributed by atoms with van der Waals surface area (Å²) < 4.78 is 0. The fourth-order valence-corrected chi connectivity index (χ4v) is 1.82. The highest BCUT2D eigenvalue weighted by Gasteiger charge is 2.02. The number of halogens is 1. The SMILES string of the molecule is CC(C)c1ccc(CNc2ncncc2Cl)cc1. The average Bonchev–Trinajstić information content (AvgIpc) is 2.38. The molecule has 0 saturated heterocycles. The second kappa shape index (κ2) is 5.83. The molecular formula is C14H16ClN3. The quantitative estimate of drug-likeness (QED) is 0.908. The zero-order valence-corrected chi connectivity index (χ0v) is 11.3. The number of hydrogen-bond donors (Lipinski definition) is 1. The van der Waals surface area contributed by atoms with Crippen LogP contribution in [0.3, 0.4) is 0 Å². The van der Waals surface area contributed by atoms with Crippen molar-refractivity contribution in [3.05, 3.63) is 52.9 Å². The molecule has 2 aromatic rings. The monoisotopic (exact) mass is 261 g/mol. The predicted octanol–water partition coefficient (Wildman–Crippen LogP) is 3.87. The lowest BCUT2D eigenvalue weighted by atomic mass is 10.0. The van der Waals surface area contributed by atoms with E-state index in [2.05, 4.69) is 53.4 Å². The fraction of sp³-hybridized carbons (Fsp3) is 0.286. The Kier molecular flexibility index (Phi) is 4.15. The largest absolute Gasteiger partial charge is 0.365 e. The molecule has 0 aliphatic heterocycles. The molecule has 0 radical (unpaired) electrons. The van der Waals surface area contributed by atoms with E-state index in [0.29, 0.717) is 23.3 Å². The molecular weight excluding hydrogens is 246 g/mol. The van der Waals surface area contributed by atoms with E-state index < -0.39 is 0 Å². The summed E-state index contributed by atoms with van der Waals surface area (Å²) in [7, 11) is 0. The van der Waals surface area contributed by atoms with Crippen LogP contribution in [0.1, 0.15) is 30.9 Å². The molecule has 0 unspecified atom stereocenters. The van der Waals surface area contributed by atoms with Gasteiger partial charge in [0.25, 0.3) is 0 Å². The second-order valence-electron chi connectivity index (χ2n) is 4.47. The lowest BCUT2D eigenvalue weighted by Crippen LogP contribution is -2.02. The number of aromatic nitrogens is 2. The Morgan fingerprint density at radius 3 is 2.56 bits per heavy atom. The van der Waals surface area contributed by atoms with Gasteiger partial charge in [-0.1, -0.05) is 49.7 Å². The van der Waals surface area contributed by atoms with Gasteiger partial charge in [-0.3, -0.25) is 0 Å². The first-order valence-electron chi connectivity index (χ1n) is 5.95. The molecule has 18 heavy (non-hydrogen) atoms. The fourth-order valence-electron chi connectivity index (χ4n) is 1.65. The molecule has 0 spiro atoms. The van der Waals surface area contributed by atoms with Gasteiger partial charge >= 0.3 is 0 Å². The topological polar surface area (TPSA) is 37.8 Å². The van der Waals surface area contributed by atoms with Gasteiger partial charge in [-0.25, -0.2) is 9.97 Å². The molecule has 3 nitrogen and oxygen atoms in total. The molecule has 0 saturated carbocycles. The molecule has 4 heteroatoms. The summed E-state index contributed by atoms with van der Waals surface area (Å²) in [5, 5.41) is 3.73. The van der Waals surface area contributed by atoms with Crippen molar-refractivity contribution < 1.29 is 0 Å². The van der Waals surface area contributed by atoms with Crippen LogP contribution >= 0.6 is 11.6 Å². The highest BCUT2D eigenvalue weighted by molar-refractivity contribution is 6.32. The molecule has 0 aliphatic rings. The van der Waals surface area contributed by atoms with E-state index in [1.807, 2.05) is 0 Å². The molecule has 1 aromatic heterocycles. The van der Waals surface area contributed by atoms with E-state index in [1.54, 1.807) is 6.20 Å². The zero-order valence-electron chi connectivity index (χ0n) is 10.5. The number of anilines is 1. The van der Waals surface area contributed by atoms with Gasteiger partial charge in [0.15, 0.2) is 0 Å². The van der Waals surface area contributed by atoms with Crippen molar-refractivity contribution >= 4 is 17.4 Å². The van der Waals surface area contributed by atoms with E-state index in [1.165, 1.54) is 17.5 Å². The maximum absolute atomic E-state index is 5.97. The van der Waals surface area contributed by atoms with Crippen molar-refractivity contribution in [3.63, 3.8) is 0 Å². The Morgan fingerprint density at radius 2 is 1.94 bits per heavy atom. The summed E-state index contributed by atoms with van der Waals surface area (Å²) in [5.74, 6) is 1.22. The van der Waals surface area contributed by atoms with Crippen LogP contribution in [0.15, 0.2) is 36.8 Å². The summed E-state index contributed by atoms with van der Waals surface area (Å²) >= 11 is 5.97. The van der Waals surface area contributed by atoms with Gasteiger partial charge in [0.1, 0.15) is 17.2 Å². The molecule has 2 rings (SSSR count). The van der Waals surface area contributed by atoms with Crippen molar-refractivity contribution in [2.45, 2.75) is 26.3 Å². The Morgan fingerprint density at radius 1 is 1.22 bits per heavy atom. The number of benzene rings is 1. The molecule has 0 aliphatic carbocycles. The van der Waals surface area contributed by atoms with E-state index in [4.69, 9.17) is 11.6 Å². The maximum atomic E-state index is 5.97. The average molecular weight is 262 g/mol. The van der Waals surface area contributed by atoms with Gasteiger partial charge in [0, 0.05) is 6.54 Å². The lowest BCUT2D eigenvalue weighted by Gasteiger charge is -2.09. The number of nitrogens with zero attached hydrogens (tertiary/aromatic N) is 2. The van der Waals surface area contributed by atoms with E-state index in [9.17, 15) is 0 Å². The molecule has 1 N–H and O–H groups in total. The summed E-state index contributed by atoms with van der Waals surface area (Å²) in [6.45, 7) is 5.08. The van der Waals surface area contributed by atoms with Crippen LogP contribution < -0.4 is 5.32 Å². The minimum atomic E-state index is 0.538. The number of nitrogens with one attached hydrogen (secondary N) is 1. The Bertz CT molecular complexity index is 509. The van der Waals surface area contributed by atoms with Crippen molar-refractivity contribution in [3.8, 4) is 0 Å². The third kappa shape index (κ3) is 3.20. The number of hydrogen-bond acceptors (Lipinski definition) is 3. The Labute approximate surface area is 112 Å². The second-order valence-corrected chi connectivity index (χ2v) is 4.88. The van der Waals surface area contributed by atoms with Crippen LogP contribution in [-0.2, 0) is 6.54 Å². The first-order chi connectivity index (χ1) is 8.66. The van der Waals surface area contributed by atoms with Crippen LogP contribution in [0.25, 0.3) is 0 Å². The van der Waals surface area contributed by atoms with Crippen LogP contribution in [0.2, 0.25) is 5.02 Å². The summed E-state index contributed by atoms with van der Waals surface area (Å²) in [6.07, 6.45) is 3.06. The van der Waals surface area contributed by atoms with Gasteiger partial charge in [-0.2, -0.15) is 0 Å². The lowest BCUT2D eigenvalue weighted by molar-refractivity contribution is 0.865. The first kappa shape index (κ1) is 12.8. The smallest absolute Gasteiger partial charge is 0.148 e. The van der Waals surface area contributed by atoms with Gasteiger partial charge in [0.05, 0.1) is 6.20 Å². The molecule has 0 fully saturated rings. The summed E-state index contributed by atoms with van der Waals surface area (Å²) in [4.78, 5) is 7.93. The number of rotatable bonds is 4. The van der Waals surface area contributed by atoms with Gasteiger partial charge in [-0.05, 0) is 17.0 Å². The minimum absolute atomic E-state index is 0.538. The van der Waals surface area contributed by atoms with Crippen LogP contribution in [0.5, 0.6) is 0 Å². The predicted molar refractivity (Wildman–Crippen MR) is 74.9 cm³/mol. The molecule has 0 amide bonds. The van der Waals surface area contributed by atoms with Crippen LogP contribution in [-0.4, -0.2) is 9.97 Å². The first-order valence-corrected chi connectivity index (χ1v) is 6.33. The summed E-state index contributed by atoms with van der Waals surface area (Å²) in [5.41, 5.74) is 2.55. The van der Waals surface area contributed by atoms with Crippen molar-refractivity contribution in [1.29, 1.82) is 0 Å². The summed E-state index contributed by atoms with van der Waals surface area (Å²) in [6, 6.07) is 8.56. The van der Waals surface area contributed by atoms with Crippen molar-refractivity contribution in [2.24, 2.45) is 0 Å². The van der Waals surface area contributed by atoms with Crippen LogP contribution in [0, 0.1) is 0 Å². The van der Waals surface area contributed by atoms with E-state index >= 15 is 0 Å². The van der Waals surface area contributed by atoms with Gasteiger partial charge in [0.2, 0.25) is 0 Å². The van der Waals surface area contributed by atoms with E-state index in [-0.39, 0.29) is 0 Å². The van der Waals surface area contributed by atoms with Gasteiger partial charge < -0.3 is 5.32 Å². The molecule has 1 heterocycles. The van der Waals surface area contributed by atoms with Crippen LogP contribution in [0.4, 0.5) is 5.82 Å². The minimum Gasteiger partial charge on any atom is -0.365 e. The molecule has 94 valence electrons. The van der Waals surface area contributed by atoms with Crippen molar-refractivity contribution in [2.75, 3.05) is 5.32 Å².